The molecule has 13 heavy (non-hydrogen) atoms. The van der Waals surface area contributed by atoms with Crippen LogP contribution in [0, 0.1) is 0 Å². The molecule has 0 spiro atoms. The summed E-state index contributed by atoms with van der Waals surface area (Å²) in [7, 11) is 0. The summed E-state index contributed by atoms with van der Waals surface area (Å²) < 4.78 is 0. The minimum Gasteiger partial charge on any atom is -0.477 e. The van der Waals surface area contributed by atoms with Gasteiger partial charge in [-0.15, -0.1) is 0 Å². The van der Waals surface area contributed by atoms with Crippen LogP contribution < -0.4 is 0 Å². The highest BCUT2D eigenvalue weighted by Gasteiger charge is 2.14. The molecule has 0 saturated carbocycles. The average molecular weight is 179 g/mol. The van der Waals surface area contributed by atoms with Crippen molar-refractivity contribution in [2.24, 2.45) is 0 Å². The highest BCUT2D eigenvalue weighted by atomic mass is 16.4. The number of fused-ring (bicyclic) bond motifs is 1. The van der Waals surface area contributed by atoms with Gasteiger partial charge in [-0.3, -0.25) is 0 Å². The molecule has 1 aromatic rings. The van der Waals surface area contributed by atoms with Crippen LogP contribution in [0.25, 0.3) is 0 Å². The summed E-state index contributed by atoms with van der Waals surface area (Å²) in [5, 5.41) is 8.77. The zero-order chi connectivity index (χ0) is 9.26. The number of carboxylic acid groups (broad SMARTS) is 1. The summed E-state index contributed by atoms with van der Waals surface area (Å²) in [5.41, 5.74) is 2.68. The highest BCUT2D eigenvalue weighted by Crippen LogP contribution is 2.20. The number of aromatic carboxylic acids is 1. The average Bonchev–Trinajstić information content (AvgIpc) is 2.38. The van der Waals surface area contributed by atoms with Crippen LogP contribution in [0.3, 0.4) is 0 Å². The van der Waals surface area contributed by atoms with E-state index in [2.05, 4.69) is 4.98 Å². The summed E-state index contributed by atoms with van der Waals surface area (Å²) in [6, 6.07) is 1.78. The number of carboxylic acids is 1. The number of rotatable bonds is 1. The van der Waals surface area contributed by atoms with Gasteiger partial charge in [0.15, 0.2) is 0 Å². The molecule has 1 aliphatic carbocycles. The van der Waals surface area contributed by atoms with Crippen molar-refractivity contribution in [1.82, 2.24) is 4.98 Å². The lowest BCUT2D eigenvalue weighted by atomic mass is 10.1. The van der Waals surface area contributed by atoms with Crippen molar-refractivity contribution in [3.05, 3.63) is 23.0 Å². The number of nitrogens with one attached hydrogen (secondary N) is 1. The normalized spacial score (nSPS) is 16.3. The van der Waals surface area contributed by atoms with Gasteiger partial charge in [0.05, 0.1) is 0 Å². The van der Waals surface area contributed by atoms with Crippen molar-refractivity contribution < 1.29 is 9.90 Å². The van der Waals surface area contributed by atoms with Crippen LogP contribution in [0.5, 0.6) is 0 Å². The van der Waals surface area contributed by atoms with Crippen LogP contribution in [0.1, 0.15) is 41.0 Å². The maximum absolute atomic E-state index is 10.7. The SMILES string of the molecule is O=C(O)c1cc2c([nH]1)CCCCC2. The second-order valence-electron chi connectivity index (χ2n) is 3.55. The van der Waals surface area contributed by atoms with Gasteiger partial charge in [0.25, 0.3) is 0 Å². The Balaban J connectivity index is 2.32. The lowest BCUT2D eigenvalue weighted by Crippen LogP contribution is -1.96. The molecule has 0 atom stereocenters. The third-order valence-electron chi connectivity index (χ3n) is 2.60. The Hall–Kier alpha value is -1.25. The first-order valence-electron chi connectivity index (χ1n) is 4.71. The summed E-state index contributed by atoms with van der Waals surface area (Å²) in [6.45, 7) is 0. The Morgan fingerprint density at radius 1 is 1.31 bits per heavy atom. The van der Waals surface area contributed by atoms with E-state index >= 15 is 0 Å². The smallest absolute Gasteiger partial charge is 0.352 e. The van der Waals surface area contributed by atoms with Crippen molar-refractivity contribution in [2.45, 2.75) is 32.1 Å². The Morgan fingerprint density at radius 2 is 2.08 bits per heavy atom. The zero-order valence-corrected chi connectivity index (χ0v) is 7.47. The van der Waals surface area contributed by atoms with E-state index in [4.69, 9.17) is 5.11 Å². The van der Waals surface area contributed by atoms with Crippen molar-refractivity contribution in [3.8, 4) is 0 Å². The molecule has 0 aliphatic heterocycles. The number of aromatic nitrogens is 1. The van der Waals surface area contributed by atoms with Crippen molar-refractivity contribution >= 4 is 5.97 Å². The van der Waals surface area contributed by atoms with E-state index in [1.165, 1.54) is 24.8 Å². The summed E-state index contributed by atoms with van der Waals surface area (Å²) in [4.78, 5) is 13.6. The first-order valence-corrected chi connectivity index (χ1v) is 4.71. The number of hydrogen-bond acceptors (Lipinski definition) is 1. The molecular formula is C10H13NO2. The summed E-state index contributed by atoms with van der Waals surface area (Å²) in [5.74, 6) is -0.854. The maximum Gasteiger partial charge on any atom is 0.352 e. The van der Waals surface area contributed by atoms with Crippen molar-refractivity contribution in [3.63, 3.8) is 0 Å². The van der Waals surface area contributed by atoms with Crippen LogP contribution in [0.4, 0.5) is 0 Å². The van der Waals surface area contributed by atoms with E-state index in [-0.39, 0.29) is 0 Å². The molecule has 2 rings (SSSR count). The fourth-order valence-electron chi connectivity index (χ4n) is 1.90. The topological polar surface area (TPSA) is 53.1 Å². The predicted molar refractivity (Wildman–Crippen MR) is 49.0 cm³/mol. The van der Waals surface area contributed by atoms with E-state index in [9.17, 15) is 4.79 Å². The standard InChI is InChI=1S/C10H13NO2/c12-10(13)9-6-7-4-2-1-3-5-8(7)11-9/h6,11H,1-5H2,(H,12,13). The lowest BCUT2D eigenvalue weighted by Gasteiger charge is -1.94. The molecule has 0 bridgehead atoms. The van der Waals surface area contributed by atoms with Gasteiger partial charge < -0.3 is 10.1 Å². The first kappa shape index (κ1) is 8.35. The molecule has 1 aromatic heterocycles. The van der Waals surface area contributed by atoms with Crippen LogP contribution in [0.2, 0.25) is 0 Å². The third-order valence-corrected chi connectivity index (χ3v) is 2.60. The largest absolute Gasteiger partial charge is 0.477 e. The molecule has 0 radical (unpaired) electrons. The van der Waals surface area contributed by atoms with E-state index in [0.29, 0.717) is 5.69 Å². The third kappa shape index (κ3) is 1.59. The van der Waals surface area contributed by atoms with Gasteiger partial charge in [-0.1, -0.05) is 6.42 Å². The van der Waals surface area contributed by atoms with Crippen molar-refractivity contribution in [1.29, 1.82) is 0 Å². The van der Waals surface area contributed by atoms with Gasteiger partial charge in [0, 0.05) is 5.69 Å². The van der Waals surface area contributed by atoms with E-state index in [1.807, 2.05) is 0 Å². The molecule has 70 valence electrons. The van der Waals surface area contributed by atoms with E-state index < -0.39 is 5.97 Å². The number of aromatic amines is 1. The first-order chi connectivity index (χ1) is 6.27. The molecular weight excluding hydrogens is 166 g/mol. The van der Waals surface area contributed by atoms with Gasteiger partial charge in [-0.25, -0.2) is 4.79 Å². The number of hydrogen-bond donors (Lipinski definition) is 2. The zero-order valence-electron chi connectivity index (χ0n) is 7.47. The number of carbonyl (C=O) groups is 1. The Bertz CT molecular complexity index is 304. The fraction of sp³-hybridized carbons (Fsp3) is 0.500. The van der Waals surface area contributed by atoms with Crippen LogP contribution >= 0.6 is 0 Å². The van der Waals surface area contributed by atoms with Gasteiger partial charge in [-0.05, 0) is 37.3 Å². The molecule has 3 nitrogen and oxygen atoms in total. The Kier molecular flexibility index (Phi) is 2.08. The monoisotopic (exact) mass is 179 g/mol. The molecule has 0 fully saturated rings. The molecule has 1 heterocycles. The predicted octanol–water partition coefficient (Wildman–Crippen LogP) is 1.98. The van der Waals surface area contributed by atoms with Gasteiger partial charge in [-0.2, -0.15) is 0 Å². The number of aryl methyl sites for hydroxylation is 2. The number of H-pyrrole nitrogens is 1. The van der Waals surface area contributed by atoms with Crippen molar-refractivity contribution in [2.75, 3.05) is 0 Å². The van der Waals surface area contributed by atoms with E-state index in [0.717, 1.165) is 18.5 Å². The molecule has 0 amide bonds. The molecule has 1 aliphatic rings. The summed E-state index contributed by atoms with van der Waals surface area (Å²) >= 11 is 0. The minimum atomic E-state index is -0.854. The second kappa shape index (κ2) is 3.24. The quantitative estimate of drug-likeness (QED) is 0.648. The second-order valence-corrected chi connectivity index (χ2v) is 3.55. The lowest BCUT2D eigenvalue weighted by molar-refractivity contribution is 0.0691. The fourth-order valence-corrected chi connectivity index (χ4v) is 1.90. The van der Waals surface area contributed by atoms with Gasteiger partial charge in [0.2, 0.25) is 0 Å². The summed E-state index contributed by atoms with van der Waals surface area (Å²) in [6.07, 6.45) is 5.64. The molecule has 2 N–H and O–H groups in total. The maximum atomic E-state index is 10.7. The molecule has 0 unspecified atom stereocenters. The van der Waals surface area contributed by atoms with Gasteiger partial charge in [0.1, 0.15) is 5.69 Å². The Morgan fingerprint density at radius 3 is 2.85 bits per heavy atom. The molecule has 0 aromatic carbocycles. The molecule has 3 heteroatoms. The Labute approximate surface area is 76.8 Å². The minimum absolute atomic E-state index is 0.340. The van der Waals surface area contributed by atoms with E-state index in [1.54, 1.807) is 6.07 Å². The van der Waals surface area contributed by atoms with Crippen LogP contribution in [-0.2, 0) is 12.8 Å². The van der Waals surface area contributed by atoms with Gasteiger partial charge >= 0.3 is 5.97 Å². The van der Waals surface area contributed by atoms with Crippen LogP contribution in [-0.4, -0.2) is 16.1 Å². The van der Waals surface area contributed by atoms with Crippen LogP contribution in [0.15, 0.2) is 6.07 Å². The molecule has 0 saturated heterocycles. The highest BCUT2D eigenvalue weighted by molar-refractivity contribution is 5.86.